The Kier molecular flexibility index (Phi) is 4.92. The third kappa shape index (κ3) is 3.69. The second kappa shape index (κ2) is 6.88. The summed E-state index contributed by atoms with van der Waals surface area (Å²) in [5, 5.41) is 5.44. The van der Waals surface area contributed by atoms with Gasteiger partial charge in [0.05, 0.1) is 5.56 Å². The summed E-state index contributed by atoms with van der Waals surface area (Å²) in [6.07, 6.45) is 3.99. The highest BCUT2D eigenvalue weighted by Gasteiger charge is 2.20. The molecule has 1 aromatic rings. The molecule has 1 aliphatic rings. The second-order valence-corrected chi connectivity index (χ2v) is 4.81. The maximum Gasteiger partial charge on any atom is 0.255 e. The number of carbonyl (C=O) groups is 2. The Labute approximate surface area is 118 Å². The van der Waals surface area contributed by atoms with Gasteiger partial charge in [-0.25, -0.2) is 4.98 Å². The van der Waals surface area contributed by atoms with E-state index in [1.165, 1.54) is 6.92 Å². The van der Waals surface area contributed by atoms with E-state index in [1.54, 1.807) is 18.3 Å². The molecule has 2 rings (SSSR count). The van der Waals surface area contributed by atoms with Crippen molar-refractivity contribution >= 4 is 17.6 Å². The van der Waals surface area contributed by atoms with E-state index in [2.05, 4.69) is 20.5 Å². The molecule has 1 aromatic heterocycles. The molecular formula is C14H20N4O2. The van der Waals surface area contributed by atoms with Gasteiger partial charge in [0.1, 0.15) is 5.82 Å². The Balaban J connectivity index is 1.96. The van der Waals surface area contributed by atoms with Gasteiger partial charge in [-0.1, -0.05) is 0 Å². The van der Waals surface area contributed by atoms with E-state index in [9.17, 15) is 9.59 Å². The number of hydrogen-bond acceptors (Lipinski definition) is 4. The van der Waals surface area contributed by atoms with Crippen LogP contribution < -0.4 is 15.5 Å². The van der Waals surface area contributed by atoms with E-state index < -0.39 is 0 Å². The topological polar surface area (TPSA) is 74.3 Å². The van der Waals surface area contributed by atoms with Crippen molar-refractivity contribution in [2.24, 2.45) is 0 Å². The van der Waals surface area contributed by atoms with E-state index in [4.69, 9.17) is 0 Å². The van der Waals surface area contributed by atoms with Crippen LogP contribution in [0.3, 0.4) is 0 Å². The largest absolute Gasteiger partial charge is 0.356 e. The van der Waals surface area contributed by atoms with Gasteiger partial charge in [0.15, 0.2) is 0 Å². The minimum absolute atomic E-state index is 0.0987. The van der Waals surface area contributed by atoms with Gasteiger partial charge < -0.3 is 15.5 Å². The summed E-state index contributed by atoms with van der Waals surface area (Å²) in [5.41, 5.74) is 0.595. The van der Waals surface area contributed by atoms with E-state index in [0.717, 1.165) is 31.7 Å². The summed E-state index contributed by atoms with van der Waals surface area (Å²) in [7, 11) is 0. The smallest absolute Gasteiger partial charge is 0.255 e. The van der Waals surface area contributed by atoms with Crippen molar-refractivity contribution in [1.29, 1.82) is 0 Å². The lowest BCUT2D eigenvalue weighted by Crippen LogP contribution is -2.34. The van der Waals surface area contributed by atoms with E-state index in [1.807, 2.05) is 0 Å². The van der Waals surface area contributed by atoms with Crippen molar-refractivity contribution in [1.82, 2.24) is 15.6 Å². The Morgan fingerprint density at radius 3 is 2.65 bits per heavy atom. The van der Waals surface area contributed by atoms with Crippen LogP contribution in [0.1, 0.15) is 30.1 Å². The Morgan fingerprint density at radius 1 is 1.25 bits per heavy atom. The zero-order valence-corrected chi connectivity index (χ0v) is 11.7. The molecule has 2 N–H and O–H groups in total. The third-order valence-corrected chi connectivity index (χ3v) is 3.22. The molecule has 2 heterocycles. The van der Waals surface area contributed by atoms with Crippen LogP contribution in [0.4, 0.5) is 5.82 Å². The molecular weight excluding hydrogens is 256 g/mol. The first-order valence-corrected chi connectivity index (χ1v) is 6.91. The van der Waals surface area contributed by atoms with Gasteiger partial charge in [0.2, 0.25) is 5.91 Å². The van der Waals surface area contributed by atoms with Crippen LogP contribution in [0.25, 0.3) is 0 Å². The summed E-state index contributed by atoms with van der Waals surface area (Å²) in [5.74, 6) is 0.505. The van der Waals surface area contributed by atoms with Gasteiger partial charge in [-0.3, -0.25) is 9.59 Å². The maximum atomic E-state index is 12.2. The molecule has 1 saturated heterocycles. The molecule has 0 aromatic carbocycles. The number of amides is 2. The number of aromatic nitrogens is 1. The zero-order chi connectivity index (χ0) is 14.4. The van der Waals surface area contributed by atoms with Crippen LogP contribution in [-0.2, 0) is 4.79 Å². The number of pyridine rings is 1. The van der Waals surface area contributed by atoms with Crippen molar-refractivity contribution in [3.8, 4) is 0 Å². The standard InChI is InChI=1S/C14H20N4O2/c1-11(19)15-7-8-17-14(20)12-5-4-6-16-13(12)18-9-2-3-10-18/h4-6H,2-3,7-10H2,1H3,(H,15,19)(H,17,20). The number of carbonyl (C=O) groups excluding carboxylic acids is 2. The fourth-order valence-electron chi connectivity index (χ4n) is 2.26. The van der Waals surface area contributed by atoms with Gasteiger partial charge in [0.25, 0.3) is 5.91 Å². The van der Waals surface area contributed by atoms with Crippen LogP contribution in [0.2, 0.25) is 0 Å². The quantitative estimate of drug-likeness (QED) is 0.770. The third-order valence-electron chi connectivity index (χ3n) is 3.22. The Morgan fingerprint density at radius 2 is 1.95 bits per heavy atom. The summed E-state index contributed by atoms with van der Waals surface area (Å²) in [4.78, 5) is 29.4. The molecule has 0 saturated carbocycles. The van der Waals surface area contributed by atoms with Crippen molar-refractivity contribution in [3.63, 3.8) is 0 Å². The second-order valence-electron chi connectivity index (χ2n) is 4.81. The summed E-state index contributed by atoms with van der Waals surface area (Å²) < 4.78 is 0. The normalized spacial score (nSPS) is 14.2. The predicted octanol–water partition coefficient (Wildman–Crippen LogP) is 0.548. The van der Waals surface area contributed by atoms with Crippen LogP contribution in [0.15, 0.2) is 18.3 Å². The van der Waals surface area contributed by atoms with Gasteiger partial charge in [0, 0.05) is 39.3 Å². The maximum absolute atomic E-state index is 12.2. The highest BCUT2D eigenvalue weighted by atomic mass is 16.2. The highest BCUT2D eigenvalue weighted by molar-refractivity contribution is 5.98. The molecule has 0 aliphatic carbocycles. The van der Waals surface area contributed by atoms with Gasteiger partial charge in [-0.05, 0) is 25.0 Å². The van der Waals surface area contributed by atoms with Crippen molar-refractivity contribution in [2.75, 3.05) is 31.1 Å². The number of nitrogens with zero attached hydrogens (tertiary/aromatic N) is 2. The SMILES string of the molecule is CC(=O)NCCNC(=O)c1cccnc1N1CCCC1. The first-order chi connectivity index (χ1) is 9.68. The van der Waals surface area contributed by atoms with Gasteiger partial charge in [-0.2, -0.15) is 0 Å². The van der Waals surface area contributed by atoms with Gasteiger partial charge in [-0.15, -0.1) is 0 Å². The zero-order valence-electron chi connectivity index (χ0n) is 11.7. The van der Waals surface area contributed by atoms with Crippen molar-refractivity contribution in [2.45, 2.75) is 19.8 Å². The molecule has 6 nitrogen and oxygen atoms in total. The number of rotatable bonds is 5. The molecule has 1 fully saturated rings. The monoisotopic (exact) mass is 276 g/mol. The van der Waals surface area contributed by atoms with E-state index >= 15 is 0 Å². The van der Waals surface area contributed by atoms with Crippen molar-refractivity contribution < 1.29 is 9.59 Å². The average Bonchev–Trinajstić information content (AvgIpc) is 2.97. The number of nitrogens with one attached hydrogen (secondary N) is 2. The molecule has 0 radical (unpaired) electrons. The summed E-state index contributed by atoms with van der Waals surface area (Å²) >= 11 is 0. The minimum atomic E-state index is -0.148. The molecule has 0 spiro atoms. The lowest BCUT2D eigenvalue weighted by Gasteiger charge is -2.19. The first kappa shape index (κ1) is 14.3. The van der Waals surface area contributed by atoms with Crippen LogP contribution in [-0.4, -0.2) is 43.0 Å². The Bertz CT molecular complexity index is 484. The number of hydrogen-bond donors (Lipinski definition) is 2. The fourth-order valence-corrected chi connectivity index (χ4v) is 2.26. The molecule has 0 atom stereocenters. The molecule has 0 unspecified atom stereocenters. The molecule has 20 heavy (non-hydrogen) atoms. The van der Waals surface area contributed by atoms with Gasteiger partial charge >= 0.3 is 0 Å². The molecule has 6 heteroatoms. The number of anilines is 1. The predicted molar refractivity (Wildman–Crippen MR) is 76.7 cm³/mol. The van der Waals surface area contributed by atoms with E-state index in [-0.39, 0.29) is 11.8 Å². The molecule has 1 aliphatic heterocycles. The fraction of sp³-hybridized carbons (Fsp3) is 0.500. The lowest BCUT2D eigenvalue weighted by molar-refractivity contribution is -0.118. The minimum Gasteiger partial charge on any atom is -0.356 e. The first-order valence-electron chi connectivity index (χ1n) is 6.91. The average molecular weight is 276 g/mol. The summed E-state index contributed by atoms with van der Waals surface area (Å²) in [6, 6.07) is 3.55. The molecule has 2 amide bonds. The molecule has 0 bridgehead atoms. The Hall–Kier alpha value is -2.11. The van der Waals surface area contributed by atoms with Crippen LogP contribution in [0.5, 0.6) is 0 Å². The lowest BCUT2D eigenvalue weighted by atomic mass is 10.2. The van der Waals surface area contributed by atoms with E-state index in [0.29, 0.717) is 18.7 Å². The summed E-state index contributed by atoms with van der Waals surface area (Å²) in [6.45, 7) is 4.19. The highest BCUT2D eigenvalue weighted by Crippen LogP contribution is 2.21. The molecule has 108 valence electrons. The van der Waals surface area contributed by atoms with Crippen LogP contribution in [0, 0.1) is 0 Å². The van der Waals surface area contributed by atoms with Crippen molar-refractivity contribution in [3.05, 3.63) is 23.9 Å². The van der Waals surface area contributed by atoms with Crippen LogP contribution >= 0.6 is 0 Å².